The lowest BCUT2D eigenvalue weighted by Gasteiger charge is -2.07. The molecule has 0 radical (unpaired) electrons. The van der Waals surface area contributed by atoms with Gasteiger partial charge in [0.2, 0.25) is 5.82 Å². The van der Waals surface area contributed by atoms with E-state index in [0.717, 1.165) is 5.56 Å². The molecule has 21 heavy (non-hydrogen) atoms. The largest absolute Gasteiger partial charge is 0.478 e. The summed E-state index contributed by atoms with van der Waals surface area (Å²) in [5, 5.41) is 22.7. The number of aromatic nitrogens is 1. The first kappa shape index (κ1) is 14.4. The summed E-state index contributed by atoms with van der Waals surface area (Å²) in [6.45, 7) is 2.05. The van der Waals surface area contributed by atoms with Gasteiger partial charge in [0.05, 0.1) is 10.5 Å². The van der Waals surface area contributed by atoms with E-state index in [1.54, 1.807) is 25.3 Å². The molecule has 0 saturated carbocycles. The molecule has 0 amide bonds. The molecule has 0 aliphatic rings. The molecule has 0 fully saturated rings. The van der Waals surface area contributed by atoms with E-state index in [9.17, 15) is 14.9 Å². The van der Waals surface area contributed by atoms with Crippen LogP contribution in [0.15, 0.2) is 36.5 Å². The molecule has 0 atom stereocenters. The fourth-order valence-corrected chi connectivity index (χ4v) is 1.78. The normalized spacial score (nSPS) is 10.1. The average molecular weight is 287 g/mol. The minimum absolute atomic E-state index is 0.0860. The molecule has 7 heteroatoms. The summed E-state index contributed by atoms with van der Waals surface area (Å²) < 4.78 is 0. The molecule has 2 rings (SSSR count). The van der Waals surface area contributed by atoms with Crippen molar-refractivity contribution in [1.82, 2.24) is 4.98 Å². The summed E-state index contributed by atoms with van der Waals surface area (Å²) in [5.41, 5.74) is 1.62. The molecule has 1 heterocycles. The Morgan fingerprint density at radius 2 is 2.05 bits per heavy atom. The molecule has 0 unspecified atom stereocenters. The Balaban J connectivity index is 2.13. The summed E-state index contributed by atoms with van der Waals surface area (Å²) in [7, 11) is 0. The summed E-state index contributed by atoms with van der Waals surface area (Å²) in [6, 6.07) is 7.71. The van der Waals surface area contributed by atoms with E-state index in [2.05, 4.69) is 10.3 Å². The number of hydrogen-bond donors (Lipinski definition) is 2. The standard InChI is InChI=1S/C14H13N3O4/c1-9-6-12(17(20)21)13(15-7-9)16-8-10-2-4-11(5-3-10)14(18)19/h2-7H,8H2,1H3,(H,15,16)(H,18,19). The number of rotatable bonds is 5. The van der Waals surface area contributed by atoms with Gasteiger partial charge in [0.1, 0.15) is 0 Å². The van der Waals surface area contributed by atoms with Gasteiger partial charge in [0, 0.05) is 18.8 Å². The Labute approximate surface area is 120 Å². The lowest BCUT2D eigenvalue weighted by Crippen LogP contribution is -2.05. The zero-order valence-electron chi connectivity index (χ0n) is 11.2. The fourth-order valence-electron chi connectivity index (χ4n) is 1.78. The first-order valence-electron chi connectivity index (χ1n) is 6.14. The van der Waals surface area contributed by atoms with Gasteiger partial charge in [-0.05, 0) is 30.2 Å². The Morgan fingerprint density at radius 3 is 2.62 bits per heavy atom. The molecule has 0 spiro atoms. The van der Waals surface area contributed by atoms with Gasteiger partial charge in [-0.15, -0.1) is 0 Å². The molecule has 2 N–H and O–H groups in total. The predicted octanol–water partition coefficient (Wildman–Crippen LogP) is 2.61. The number of anilines is 1. The Hall–Kier alpha value is -2.96. The number of pyridine rings is 1. The van der Waals surface area contributed by atoms with Crippen LogP contribution in [0.5, 0.6) is 0 Å². The minimum atomic E-state index is -0.995. The average Bonchev–Trinajstić information content (AvgIpc) is 2.46. The van der Waals surface area contributed by atoms with E-state index in [4.69, 9.17) is 5.11 Å². The van der Waals surface area contributed by atoms with Gasteiger partial charge in [0.25, 0.3) is 0 Å². The van der Waals surface area contributed by atoms with Crippen LogP contribution >= 0.6 is 0 Å². The second kappa shape index (κ2) is 6.00. The van der Waals surface area contributed by atoms with Crippen LogP contribution in [-0.2, 0) is 6.54 Å². The van der Waals surface area contributed by atoms with Gasteiger partial charge < -0.3 is 10.4 Å². The third-order valence-electron chi connectivity index (χ3n) is 2.86. The van der Waals surface area contributed by atoms with Gasteiger partial charge in [0.15, 0.2) is 0 Å². The van der Waals surface area contributed by atoms with Gasteiger partial charge in [-0.1, -0.05) is 12.1 Å². The van der Waals surface area contributed by atoms with E-state index in [1.807, 2.05) is 0 Å². The molecule has 2 aromatic rings. The van der Waals surface area contributed by atoms with E-state index in [0.29, 0.717) is 12.1 Å². The summed E-state index contributed by atoms with van der Waals surface area (Å²) >= 11 is 0. The van der Waals surface area contributed by atoms with E-state index in [-0.39, 0.29) is 17.1 Å². The number of nitrogens with zero attached hydrogens (tertiary/aromatic N) is 2. The minimum Gasteiger partial charge on any atom is -0.478 e. The van der Waals surface area contributed by atoms with E-state index < -0.39 is 10.9 Å². The molecule has 0 aliphatic heterocycles. The van der Waals surface area contributed by atoms with Crippen LogP contribution in [0.3, 0.4) is 0 Å². The molecular formula is C14H13N3O4. The summed E-state index contributed by atoms with van der Waals surface area (Å²) in [6.07, 6.45) is 1.54. The smallest absolute Gasteiger partial charge is 0.335 e. The van der Waals surface area contributed by atoms with Crippen LogP contribution in [0.2, 0.25) is 0 Å². The summed E-state index contributed by atoms with van der Waals surface area (Å²) in [5.74, 6) is -0.807. The van der Waals surface area contributed by atoms with Crippen LogP contribution in [-0.4, -0.2) is 21.0 Å². The Morgan fingerprint density at radius 1 is 1.38 bits per heavy atom. The van der Waals surface area contributed by atoms with Gasteiger partial charge in [-0.25, -0.2) is 9.78 Å². The monoisotopic (exact) mass is 287 g/mol. The number of nitro groups is 1. The third-order valence-corrected chi connectivity index (χ3v) is 2.86. The quantitative estimate of drug-likeness (QED) is 0.646. The van der Waals surface area contributed by atoms with E-state index >= 15 is 0 Å². The van der Waals surface area contributed by atoms with E-state index in [1.165, 1.54) is 18.2 Å². The van der Waals surface area contributed by atoms with Crippen molar-refractivity contribution in [3.63, 3.8) is 0 Å². The first-order valence-corrected chi connectivity index (χ1v) is 6.14. The maximum Gasteiger partial charge on any atom is 0.335 e. The number of carboxylic acids is 1. The maximum atomic E-state index is 11.0. The highest BCUT2D eigenvalue weighted by Gasteiger charge is 2.15. The predicted molar refractivity (Wildman–Crippen MR) is 76.4 cm³/mol. The topological polar surface area (TPSA) is 105 Å². The van der Waals surface area contributed by atoms with Crippen LogP contribution < -0.4 is 5.32 Å². The van der Waals surface area contributed by atoms with Crippen LogP contribution in [0.4, 0.5) is 11.5 Å². The van der Waals surface area contributed by atoms with Crippen molar-refractivity contribution in [2.24, 2.45) is 0 Å². The number of carbonyl (C=O) groups is 1. The van der Waals surface area contributed by atoms with Crippen molar-refractivity contribution in [3.05, 3.63) is 63.3 Å². The summed E-state index contributed by atoms with van der Waals surface area (Å²) in [4.78, 5) is 25.2. The lowest BCUT2D eigenvalue weighted by atomic mass is 10.1. The molecule has 108 valence electrons. The highest BCUT2D eigenvalue weighted by Crippen LogP contribution is 2.23. The van der Waals surface area contributed by atoms with Crippen LogP contribution in [0, 0.1) is 17.0 Å². The molecule has 1 aromatic carbocycles. The third kappa shape index (κ3) is 3.53. The van der Waals surface area contributed by atoms with Crippen LogP contribution in [0.1, 0.15) is 21.5 Å². The lowest BCUT2D eigenvalue weighted by molar-refractivity contribution is -0.384. The highest BCUT2D eigenvalue weighted by molar-refractivity contribution is 5.87. The number of carboxylic acid groups (broad SMARTS) is 1. The highest BCUT2D eigenvalue weighted by atomic mass is 16.6. The van der Waals surface area contributed by atoms with Gasteiger partial charge in [-0.2, -0.15) is 0 Å². The molecule has 0 aliphatic carbocycles. The molecule has 1 aromatic heterocycles. The first-order chi connectivity index (χ1) is 9.97. The number of aromatic carboxylic acids is 1. The molecular weight excluding hydrogens is 274 g/mol. The van der Waals surface area contributed by atoms with Gasteiger partial charge >= 0.3 is 11.7 Å². The second-order valence-corrected chi connectivity index (χ2v) is 4.49. The number of benzene rings is 1. The zero-order valence-corrected chi connectivity index (χ0v) is 11.2. The van der Waals surface area contributed by atoms with Crippen molar-refractivity contribution >= 4 is 17.5 Å². The molecule has 0 bridgehead atoms. The van der Waals surface area contributed by atoms with Crippen molar-refractivity contribution in [3.8, 4) is 0 Å². The van der Waals surface area contributed by atoms with Crippen molar-refractivity contribution in [1.29, 1.82) is 0 Å². The maximum absolute atomic E-state index is 11.0. The van der Waals surface area contributed by atoms with Crippen LogP contribution in [0.25, 0.3) is 0 Å². The van der Waals surface area contributed by atoms with Gasteiger partial charge in [-0.3, -0.25) is 10.1 Å². The number of aryl methyl sites for hydroxylation is 1. The molecule has 0 saturated heterocycles. The second-order valence-electron chi connectivity index (χ2n) is 4.49. The fraction of sp³-hybridized carbons (Fsp3) is 0.143. The Kier molecular flexibility index (Phi) is 4.13. The molecule has 7 nitrogen and oxygen atoms in total. The number of nitrogens with one attached hydrogen (secondary N) is 1. The van der Waals surface area contributed by atoms with Crippen molar-refractivity contribution in [2.75, 3.05) is 5.32 Å². The SMILES string of the molecule is Cc1cnc(NCc2ccc(C(=O)O)cc2)c([N+](=O)[O-])c1. The zero-order chi connectivity index (χ0) is 15.4. The number of hydrogen-bond acceptors (Lipinski definition) is 5. The van der Waals surface area contributed by atoms with Crippen molar-refractivity contribution in [2.45, 2.75) is 13.5 Å². The Bertz CT molecular complexity index is 683. The van der Waals surface area contributed by atoms with Crippen molar-refractivity contribution < 1.29 is 14.8 Å².